The maximum atomic E-state index is 6.06. The van der Waals surface area contributed by atoms with Crippen molar-refractivity contribution in [3.8, 4) is 0 Å². The van der Waals surface area contributed by atoms with E-state index in [9.17, 15) is 0 Å². The van der Waals surface area contributed by atoms with Gasteiger partial charge in [0.15, 0.2) is 10.3 Å². The van der Waals surface area contributed by atoms with E-state index in [1.165, 1.54) is 11.1 Å². The summed E-state index contributed by atoms with van der Waals surface area (Å²) in [5, 5.41) is 1.82. The second-order valence-corrected chi connectivity index (χ2v) is 4.40. The van der Waals surface area contributed by atoms with Crippen LogP contribution in [0.3, 0.4) is 0 Å². The predicted molar refractivity (Wildman–Crippen MR) is 63.0 cm³/mol. The molecule has 0 N–H and O–H groups in total. The van der Waals surface area contributed by atoms with E-state index in [-0.39, 0.29) is 0 Å². The summed E-state index contributed by atoms with van der Waals surface area (Å²) < 4.78 is 6.38. The topological polar surface area (TPSA) is 13.1 Å². The number of fused-ring (bicyclic) bond motifs is 1. The summed E-state index contributed by atoms with van der Waals surface area (Å²) in [4.78, 5) is 0. The maximum Gasteiger partial charge on any atom is 0.173 e. The molecule has 3 heteroatoms. The Morgan fingerprint density at radius 2 is 2.14 bits per heavy atom. The lowest BCUT2D eigenvalue weighted by Crippen LogP contribution is -1.81. The Kier molecular flexibility index (Phi) is 2.58. The highest BCUT2D eigenvalue weighted by Gasteiger charge is 2.14. The third-order valence-corrected chi connectivity index (χ3v) is 3.34. The van der Waals surface area contributed by atoms with Crippen molar-refractivity contribution < 1.29 is 4.42 Å². The molecule has 14 heavy (non-hydrogen) atoms. The molecule has 0 aliphatic heterocycles. The number of hydrogen-bond acceptors (Lipinski definition) is 1. The molecular weight excluding hydrogens is 263 g/mol. The van der Waals surface area contributed by atoms with Gasteiger partial charge in [-0.25, -0.2) is 0 Å². The number of halogens is 2. The van der Waals surface area contributed by atoms with Gasteiger partial charge in [-0.15, -0.1) is 0 Å². The first-order valence-corrected chi connectivity index (χ1v) is 5.68. The Balaban J connectivity index is 2.93. The van der Waals surface area contributed by atoms with Gasteiger partial charge >= 0.3 is 0 Å². The predicted octanol–water partition coefficient (Wildman–Crippen LogP) is 4.72. The second-order valence-electron chi connectivity index (χ2n) is 3.28. The summed E-state index contributed by atoms with van der Waals surface area (Å²) in [6, 6.07) is 3.89. The summed E-state index contributed by atoms with van der Waals surface area (Å²) in [5.41, 5.74) is 3.19. The van der Waals surface area contributed by atoms with Crippen LogP contribution in [0.1, 0.15) is 18.1 Å². The van der Waals surface area contributed by atoms with Gasteiger partial charge in [-0.3, -0.25) is 0 Å². The third-order valence-electron chi connectivity index (χ3n) is 2.40. The van der Waals surface area contributed by atoms with Crippen LogP contribution in [-0.4, -0.2) is 0 Å². The van der Waals surface area contributed by atoms with Gasteiger partial charge in [0.2, 0.25) is 0 Å². The molecule has 0 aliphatic carbocycles. The summed E-state index contributed by atoms with van der Waals surface area (Å²) in [6.07, 6.45) is 0.939. The molecule has 0 saturated carbocycles. The molecule has 1 aromatic carbocycles. The highest BCUT2D eigenvalue weighted by atomic mass is 79.9. The molecule has 0 aliphatic rings. The first kappa shape index (κ1) is 10.1. The quantitative estimate of drug-likeness (QED) is 0.733. The minimum atomic E-state index is 0.672. The van der Waals surface area contributed by atoms with E-state index in [4.69, 9.17) is 16.0 Å². The second kappa shape index (κ2) is 3.59. The van der Waals surface area contributed by atoms with Crippen molar-refractivity contribution in [2.75, 3.05) is 0 Å². The minimum absolute atomic E-state index is 0.672. The molecule has 0 bridgehead atoms. The van der Waals surface area contributed by atoms with Crippen LogP contribution in [0, 0.1) is 6.92 Å². The van der Waals surface area contributed by atoms with Crippen molar-refractivity contribution >= 4 is 38.5 Å². The van der Waals surface area contributed by atoms with Crippen molar-refractivity contribution in [1.82, 2.24) is 0 Å². The molecule has 2 rings (SSSR count). The van der Waals surface area contributed by atoms with Gasteiger partial charge in [0, 0.05) is 10.9 Å². The largest absolute Gasteiger partial charge is 0.447 e. The lowest BCUT2D eigenvalue weighted by atomic mass is 10.1. The molecule has 0 atom stereocenters. The highest BCUT2D eigenvalue weighted by molar-refractivity contribution is 9.10. The fraction of sp³-hybridized carbons (Fsp3) is 0.273. The monoisotopic (exact) mass is 272 g/mol. The standard InChI is InChI=1S/C11H10BrClO/c1-3-7-9-6(2)4-5-8(13)10(9)14-11(7)12/h4-5H,3H2,1-2H3. The lowest BCUT2D eigenvalue weighted by molar-refractivity contribution is 0.582. The van der Waals surface area contributed by atoms with Crippen LogP contribution in [-0.2, 0) is 6.42 Å². The van der Waals surface area contributed by atoms with Crippen LogP contribution < -0.4 is 0 Å². The van der Waals surface area contributed by atoms with Gasteiger partial charge in [-0.05, 0) is 40.9 Å². The van der Waals surface area contributed by atoms with E-state index >= 15 is 0 Å². The molecule has 0 saturated heterocycles. The van der Waals surface area contributed by atoms with Crippen LogP contribution in [0.15, 0.2) is 21.2 Å². The Morgan fingerprint density at radius 1 is 1.43 bits per heavy atom. The molecule has 0 unspecified atom stereocenters. The van der Waals surface area contributed by atoms with Crippen LogP contribution in [0.25, 0.3) is 11.0 Å². The average Bonchev–Trinajstić information content (AvgIpc) is 2.50. The fourth-order valence-electron chi connectivity index (χ4n) is 1.70. The molecule has 0 spiro atoms. The van der Waals surface area contributed by atoms with Gasteiger partial charge in [0.1, 0.15) is 0 Å². The Bertz CT molecular complexity index is 487. The Morgan fingerprint density at radius 3 is 2.79 bits per heavy atom. The summed E-state index contributed by atoms with van der Waals surface area (Å²) in [6.45, 7) is 4.18. The summed E-state index contributed by atoms with van der Waals surface area (Å²) in [5.74, 6) is 0. The Hall–Kier alpha value is -0.470. The molecule has 1 heterocycles. The van der Waals surface area contributed by atoms with Crippen LogP contribution in [0.5, 0.6) is 0 Å². The van der Waals surface area contributed by atoms with Crippen molar-refractivity contribution in [3.05, 3.63) is 33.0 Å². The van der Waals surface area contributed by atoms with Crippen LogP contribution in [0.2, 0.25) is 5.02 Å². The maximum absolute atomic E-state index is 6.06. The molecule has 0 radical (unpaired) electrons. The molecule has 0 fully saturated rings. The summed E-state index contributed by atoms with van der Waals surface area (Å²) in [7, 11) is 0. The van der Waals surface area contributed by atoms with Crippen molar-refractivity contribution in [2.24, 2.45) is 0 Å². The number of rotatable bonds is 1. The molecular formula is C11H10BrClO. The SMILES string of the molecule is CCc1c(Br)oc2c(Cl)ccc(C)c12. The van der Waals surface area contributed by atoms with Gasteiger partial charge in [0.05, 0.1) is 5.02 Å². The van der Waals surface area contributed by atoms with Gasteiger partial charge < -0.3 is 4.42 Å². The van der Waals surface area contributed by atoms with Gasteiger partial charge in [-0.2, -0.15) is 0 Å². The molecule has 74 valence electrons. The third kappa shape index (κ3) is 1.37. The zero-order chi connectivity index (χ0) is 10.3. The average molecular weight is 274 g/mol. The number of furan rings is 1. The fourth-order valence-corrected chi connectivity index (χ4v) is 2.53. The summed E-state index contributed by atoms with van der Waals surface area (Å²) >= 11 is 9.47. The van der Waals surface area contributed by atoms with Gasteiger partial charge in [0.25, 0.3) is 0 Å². The first-order chi connectivity index (χ1) is 6.65. The number of aryl methyl sites for hydroxylation is 2. The van der Waals surface area contributed by atoms with E-state index < -0.39 is 0 Å². The smallest absolute Gasteiger partial charge is 0.173 e. The van der Waals surface area contributed by atoms with Crippen LogP contribution in [0.4, 0.5) is 0 Å². The Labute approximate surface area is 96.2 Å². The van der Waals surface area contributed by atoms with Crippen LogP contribution >= 0.6 is 27.5 Å². The lowest BCUT2D eigenvalue weighted by Gasteiger charge is -1.98. The zero-order valence-electron chi connectivity index (χ0n) is 8.03. The van der Waals surface area contributed by atoms with E-state index in [1.807, 2.05) is 12.1 Å². The molecule has 2 aromatic rings. The van der Waals surface area contributed by atoms with E-state index in [1.54, 1.807) is 0 Å². The highest BCUT2D eigenvalue weighted by Crippen LogP contribution is 2.36. The minimum Gasteiger partial charge on any atom is -0.447 e. The molecule has 0 amide bonds. The van der Waals surface area contributed by atoms with E-state index in [2.05, 4.69) is 29.8 Å². The van der Waals surface area contributed by atoms with E-state index in [0.717, 1.165) is 22.1 Å². The number of hydrogen-bond donors (Lipinski definition) is 0. The van der Waals surface area contributed by atoms with E-state index in [0.29, 0.717) is 5.02 Å². The van der Waals surface area contributed by atoms with Crippen molar-refractivity contribution in [1.29, 1.82) is 0 Å². The van der Waals surface area contributed by atoms with Gasteiger partial charge in [-0.1, -0.05) is 24.6 Å². The molecule has 1 aromatic heterocycles. The first-order valence-electron chi connectivity index (χ1n) is 4.51. The molecule has 1 nitrogen and oxygen atoms in total. The number of benzene rings is 1. The van der Waals surface area contributed by atoms with Crippen molar-refractivity contribution in [2.45, 2.75) is 20.3 Å². The van der Waals surface area contributed by atoms with Crippen molar-refractivity contribution in [3.63, 3.8) is 0 Å². The zero-order valence-corrected chi connectivity index (χ0v) is 10.4. The normalized spacial score (nSPS) is 11.1.